The molecule has 0 aromatic carbocycles. The highest BCUT2D eigenvalue weighted by molar-refractivity contribution is 5.85. The van der Waals surface area contributed by atoms with Crippen LogP contribution in [-0.4, -0.2) is 25.2 Å². The lowest BCUT2D eigenvalue weighted by Crippen LogP contribution is -2.31. The minimum atomic E-state index is -0.641. The third-order valence-corrected chi connectivity index (χ3v) is 3.19. The summed E-state index contributed by atoms with van der Waals surface area (Å²) < 4.78 is 9.66. The van der Waals surface area contributed by atoms with Crippen LogP contribution in [-0.2, 0) is 19.1 Å². The second kappa shape index (κ2) is 3.59. The zero-order valence-corrected chi connectivity index (χ0v) is 8.19. The quantitative estimate of drug-likeness (QED) is 0.587. The van der Waals surface area contributed by atoms with Crippen LogP contribution in [0.3, 0.4) is 0 Å². The number of cyclic esters (lactones) is 1. The van der Waals surface area contributed by atoms with Crippen molar-refractivity contribution in [1.29, 1.82) is 0 Å². The number of carbonyl (C=O) groups excluding carboxylic acids is 2. The predicted molar refractivity (Wildman–Crippen MR) is 47.3 cm³/mol. The van der Waals surface area contributed by atoms with Gasteiger partial charge in [0.05, 0.1) is 13.0 Å². The molecule has 1 heterocycles. The number of rotatable bonds is 1. The molecule has 1 aliphatic carbocycles. The Morgan fingerprint density at radius 3 is 2.86 bits per heavy atom. The molecule has 4 heteroatoms. The topological polar surface area (TPSA) is 52.6 Å². The molecule has 0 unspecified atom stereocenters. The van der Waals surface area contributed by atoms with Gasteiger partial charge in [-0.2, -0.15) is 0 Å². The van der Waals surface area contributed by atoms with Crippen LogP contribution in [0.2, 0.25) is 0 Å². The molecule has 2 fully saturated rings. The monoisotopic (exact) mass is 198 g/mol. The van der Waals surface area contributed by atoms with Gasteiger partial charge >= 0.3 is 11.9 Å². The molecule has 0 spiro atoms. The Balaban J connectivity index is 2.13. The summed E-state index contributed by atoms with van der Waals surface area (Å²) in [6, 6.07) is 0. The summed E-state index contributed by atoms with van der Waals surface area (Å²) in [6.07, 6.45) is 3.25. The highest BCUT2D eigenvalue weighted by Gasteiger charge is 2.49. The van der Waals surface area contributed by atoms with Gasteiger partial charge in [-0.3, -0.25) is 4.79 Å². The van der Waals surface area contributed by atoms with Crippen LogP contribution in [0.1, 0.15) is 25.7 Å². The summed E-state index contributed by atoms with van der Waals surface area (Å²) in [5, 5.41) is 0. The second-order valence-corrected chi connectivity index (χ2v) is 3.94. The molecule has 2 aliphatic rings. The van der Waals surface area contributed by atoms with E-state index >= 15 is 0 Å². The molecule has 0 bridgehead atoms. The average molecular weight is 198 g/mol. The van der Waals surface area contributed by atoms with Gasteiger partial charge in [-0.15, -0.1) is 0 Å². The second-order valence-electron chi connectivity index (χ2n) is 3.94. The Labute approximate surface area is 82.6 Å². The summed E-state index contributed by atoms with van der Waals surface area (Å²) in [7, 11) is 1.33. The van der Waals surface area contributed by atoms with E-state index in [-0.39, 0.29) is 17.8 Å². The first kappa shape index (κ1) is 9.49. The fraction of sp³-hybridized carbons (Fsp3) is 0.800. The Morgan fingerprint density at radius 2 is 2.14 bits per heavy atom. The number of carbonyl (C=O) groups is 2. The van der Waals surface area contributed by atoms with Gasteiger partial charge in [0.15, 0.2) is 0 Å². The molecule has 1 saturated carbocycles. The van der Waals surface area contributed by atoms with E-state index in [0.29, 0.717) is 0 Å². The van der Waals surface area contributed by atoms with E-state index in [4.69, 9.17) is 4.74 Å². The minimum absolute atomic E-state index is 0.0590. The predicted octanol–water partition coefficient (Wildman–Crippen LogP) is 0.891. The maximum absolute atomic E-state index is 11.4. The van der Waals surface area contributed by atoms with E-state index in [9.17, 15) is 9.59 Å². The van der Waals surface area contributed by atoms with Crippen LogP contribution >= 0.6 is 0 Å². The molecular formula is C10H14O4. The van der Waals surface area contributed by atoms with Crippen molar-refractivity contribution in [2.45, 2.75) is 31.8 Å². The molecule has 4 nitrogen and oxygen atoms in total. The number of ether oxygens (including phenoxy) is 2. The molecule has 1 aliphatic heterocycles. The van der Waals surface area contributed by atoms with E-state index in [1.807, 2.05) is 0 Å². The molecule has 2 rings (SSSR count). The lowest BCUT2D eigenvalue weighted by molar-refractivity contribution is -0.160. The van der Waals surface area contributed by atoms with Crippen molar-refractivity contribution in [3.05, 3.63) is 0 Å². The maximum atomic E-state index is 11.4. The van der Waals surface area contributed by atoms with Gasteiger partial charge in [-0.25, -0.2) is 4.79 Å². The Morgan fingerprint density at radius 1 is 1.43 bits per heavy atom. The summed E-state index contributed by atoms with van der Waals surface area (Å²) in [5.74, 6) is -0.630. The molecule has 0 radical (unpaired) electrons. The molecule has 0 N–H and O–H groups in total. The lowest BCUT2D eigenvalue weighted by Gasteiger charge is -2.23. The first-order valence-corrected chi connectivity index (χ1v) is 5.02. The largest absolute Gasteiger partial charge is 0.466 e. The smallest absolute Gasteiger partial charge is 0.347 e. The van der Waals surface area contributed by atoms with E-state index in [1.54, 1.807) is 0 Å². The first-order valence-electron chi connectivity index (χ1n) is 5.02. The number of hydrogen-bond acceptors (Lipinski definition) is 4. The average Bonchev–Trinajstić information content (AvgIpc) is 2.56. The normalized spacial score (nSPS) is 36.1. The van der Waals surface area contributed by atoms with Crippen LogP contribution in [0.4, 0.5) is 0 Å². The molecule has 78 valence electrons. The van der Waals surface area contributed by atoms with Crippen LogP contribution in [0, 0.1) is 11.8 Å². The van der Waals surface area contributed by atoms with Gasteiger partial charge in [-0.1, -0.05) is 12.8 Å². The number of fused-ring (bicyclic) bond motifs is 1. The molecular weight excluding hydrogens is 184 g/mol. The van der Waals surface area contributed by atoms with Gasteiger partial charge in [0.2, 0.25) is 6.10 Å². The zero-order valence-electron chi connectivity index (χ0n) is 8.19. The van der Waals surface area contributed by atoms with Crippen LogP contribution in [0.25, 0.3) is 0 Å². The standard InChI is InChI=1S/C10H14O4/c1-13-10(12)8-6-4-2-3-5-7(6)9(11)14-8/h6-8H,2-5H2,1H3/t6-,7+,8-/m1/s1. The van der Waals surface area contributed by atoms with Gasteiger partial charge in [0.25, 0.3) is 0 Å². The van der Waals surface area contributed by atoms with Gasteiger partial charge in [0.1, 0.15) is 0 Å². The summed E-state index contributed by atoms with van der Waals surface area (Å²) >= 11 is 0. The van der Waals surface area contributed by atoms with E-state index in [2.05, 4.69) is 4.74 Å². The third kappa shape index (κ3) is 1.38. The van der Waals surface area contributed by atoms with Crippen molar-refractivity contribution in [3.63, 3.8) is 0 Å². The van der Waals surface area contributed by atoms with Gasteiger partial charge in [-0.05, 0) is 12.8 Å². The molecule has 0 amide bonds. The van der Waals surface area contributed by atoms with Crippen molar-refractivity contribution >= 4 is 11.9 Å². The number of methoxy groups -OCH3 is 1. The molecule has 0 aromatic heterocycles. The van der Waals surface area contributed by atoms with Crippen molar-refractivity contribution in [3.8, 4) is 0 Å². The number of esters is 2. The fourth-order valence-corrected chi connectivity index (χ4v) is 2.45. The van der Waals surface area contributed by atoms with Crippen LogP contribution in [0.5, 0.6) is 0 Å². The SMILES string of the molecule is COC(=O)[C@@H]1OC(=O)[C@H]2CCCC[C@H]21. The van der Waals surface area contributed by atoms with E-state index < -0.39 is 12.1 Å². The molecule has 1 saturated heterocycles. The van der Waals surface area contributed by atoms with Crippen molar-refractivity contribution in [2.24, 2.45) is 11.8 Å². The summed E-state index contributed by atoms with van der Waals surface area (Å²) in [6.45, 7) is 0. The van der Waals surface area contributed by atoms with Crippen molar-refractivity contribution in [2.75, 3.05) is 7.11 Å². The Bertz CT molecular complexity index is 259. The van der Waals surface area contributed by atoms with E-state index in [0.717, 1.165) is 25.7 Å². The lowest BCUT2D eigenvalue weighted by atomic mass is 9.78. The fourth-order valence-electron chi connectivity index (χ4n) is 2.45. The van der Waals surface area contributed by atoms with E-state index in [1.165, 1.54) is 7.11 Å². The van der Waals surface area contributed by atoms with Gasteiger partial charge in [0, 0.05) is 5.92 Å². The van der Waals surface area contributed by atoms with Crippen molar-refractivity contribution in [1.82, 2.24) is 0 Å². The Kier molecular flexibility index (Phi) is 2.44. The Hall–Kier alpha value is -1.06. The van der Waals surface area contributed by atoms with Crippen molar-refractivity contribution < 1.29 is 19.1 Å². The molecule has 3 atom stereocenters. The molecule has 0 aromatic rings. The third-order valence-electron chi connectivity index (χ3n) is 3.19. The first-order chi connectivity index (χ1) is 6.74. The molecule has 14 heavy (non-hydrogen) atoms. The summed E-state index contributed by atoms with van der Waals surface area (Å²) in [5.41, 5.74) is 0. The highest BCUT2D eigenvalue weighted by atomic mass is 16.6. The maximum Gasteiger partial charge on any atom is 0.347 e. The summed E-state index contributed by atoms with van der Waals surface area (Å²) in [4.78, 5) is 22.7. The highest BCUT2D eigenvalue weighted by Crippen LogP contribution is 2.39. The zero-order chi connectivity index (χ0) is 10.1. The van der Waals surface area contributed by atoms with Gasteiger partial charge < -0.3 is 9.47 Å². The van der Waals surface area contributed by atoms with Crippen LogP contribution < -0.4 is 0 Å². The minimum Gasteiger partial charge on any atom is -0.466 e. The number of hydrogen-bond donors (Lipinski definition) is 0. The van der Waals surface area contributed by atoms with Crippen LogP contribution in [0.15, 0.2) is 0 Å².